The molecule has 0 spiro atoms. The highest BCUT2D eigenvalue weighted by Gasteiger charge is 2.10. The molecule has 1 atom stereocenters. The molecule has 0 bridgehead atoms. The number of nitrogens with zero attached hydrogens (tertiary/aromatic N) is 1. The van der Waals surface area contributed by atoms with E-state index >= 15 is 0 Å². The third-order valence-corrected chi connectivity index (χ3v) is 3.34. The molecule has 0 aliphatic rings. The number of rotatable bonds is 3. The lowest BCUT2D eigenvalue weighted by molar-refractivity contribution is 0.618. The summed E-state index contributed by atoms with van der Waals surface area (Å²) in [7, 11) is 0. The lowest BCUT2D eigenvalue weighted by atomic mass is 10.0. The van der Waals surface area contributed by atoms with Crippen molar-refractivity contribution in [3.05, 3.63) is 63.6 Å². The summed E-state index contributed by atoms with van der Waals surface area (Å²) in [5.41, 5.74) is 8.90. The first-order chi connectivity index (χ1) is 8.56. The quantitative estimate of drug-likeness (QED) is 0.942. The highest BCUT2D eigenvalue weighted by molar-refractivity contribution is 9.10. The van der Waals surface area contributed by atoms with E-state index in [2.05, 4.69) is 20.9 Å². The zero-order valence-electron chi connectivity index (χ0n) is 10.0. The largest absolute Gasteiger partial charge is 0.322 e. The van der Waals surface area contributed by atoms with Crippen molar-refractivity contribution in [2.24, 2.45) is 5.73 Å². The molecule has 4 heteroatoms. The number of hydrogen-bond donors (Lipinski definition) is 1. The summed E-state index contributed by atoms with van der Waals surface area (Å²) in [6, 6.07) is 10.6. The van der Waals surface area contributed by atoms with Gasteiger partial charge in [0.2, 0.25) is 0 Å². The molecule has 0 saturated carbocycles. The van der Waals surface area contributed by atoms with Crippen molar-refractivity contribution in [1.82, 2.24) is 4.98 Å². The molecular formula is C14H14BrFN2. The summed E-state index contributed by atoms with van der Waals surface area (Å²) in [6.45, 7) is 1.94. The summed E-state index contributed by atoms with van der Waals surface area (Å²) in [6.07, 6.45) is 0.634. The molecule has 2 N–H and O–H groups in total. The van der Waals surface area contributed by atoms with E-state index in [4.69, 9.17) is 5.73 Å². The molecular weight excluding hydrogens is 295 g/mol. The molecule has 0 fully saturated rings. The Bertz CT molecular complexity index is 557. The molecule has 94 valence electrons. The van der Waals surface area contributed by atoms with E-state index in [0.29, 0.717) is 10.9 Å². The van der Waals surface area contributed by atoms with E-state index in [9.17, 15) is 4.39 Å². The van der Waals surface area contributed by atoms with Gasteiger partial charge in [-0.3, -0.25) is 4.98 Å². The summed E-state index contributed by atoms with van der Waals surface area (Å²) in [4.78, 5) is 4.40. The van der Waals surface area contributed by atoms with Crippen molar-refractivity contribution < 1.29 is 4.39 Å². The van der Waals surface area contributed by atoms with E-state index in [0.717, 1.165) is 17.0 Å². The van der Waals surface area contributed by atoms with Crippen LogP contribution in [-0.4, -0.2) is 4.98 Å². The first-order valence-electron chi connectivity index (χ1n) is 5.69. The van der Waals surface area contributed by atoms with Gasteiger partial charge in [-0.25, -0.2) is 4.39 Å². The predicted molar refractivity (Wildman–Crippen MR) is 73.7 cm³/mol. The molecule has 1 unspecified atom stereocenters. The van der Waals surface area contributed by atoms with Gasteiger partial charge < -0.3 is 5.73 Å². The fraction of sp³-hybridized carbons (Fsp3) is 0.214. The first kappa shape index (κ1) is 13.2. The fourth-order valence-electron chi connectivity index (χ4n) is 1.80. The molecule has 1 aromatic heterocycles. The SMILES string of the molecule is Cc1cccc(C(N)Cc2ccc(F)c(Br)c2)n1. The Hall–Kier alpha value is -1.26. The van der Waals surface area contributed by atoms with Crippen molar-refractivity contribution in [2.45, 2.75) is 19.4 Å². The molecule has 1 heterocycles. The minimum Gasteiger partial charge on any atom is -0.322 e. The molecule has 1 aromatic carbocycles. The first-order valence-corrected chi connectivity index (χ1v) is 6.48. The Morgan fingerprint density at radius 1 is 1.33 bits per heavy atom. The summed E-state index contributed by atoms with van der Waals surface area (Å²) in [5.74, 6) is -0.263. The monoisotopic (exact) mass is 308 g/mol. The van der Waals surface area contributed by atoms with Crippen molar-refractivity contribution in [3.8, 4) is 0 Å². The second-order valence-corrected chi connectivity index (χ2v) is 5.12. The average Bonchev–Trinajstić information content (AvgIpc) is 2.34. The molecule has 0 aliphatic heterocycles. The molecule has 0 amide bonds. The number of halogens is 2. The van der Waals surface area contributed by atoms with Crippen LogP contribution in [0.3, 0.4) is 0 Å². The van der Waals surface area contributed by atoms with Crippen molar-refractivity contribution >= 4 is 15.9 Å². The second kappa shape index (κ2) is 5.59. The van der Waals surface area contributed by atoms with Crippen molar-refractivity contribution in [3.63, 3.8) is 0 Å². The second-order valence-electron chi connectivity index (χ2n) is 4.26. The van der Waals surface area contributed by atoms with Crippen LogP contribution in [0.5, 0.6) is 0 Å². The number of nitrogens with two attached hydrogens (primary N) is 1. The van der Waals surface area contributed by atoms with E-state index in [1.54, 1.807) is 12.1 Å². The number of aromatic nitrogens is 1. The fourth-order valence-corrected chi connectivity index (χ4v) is 2.22. The van der Waals surface area contributed by atoms with Crippen LogP contribution in [0.1, 0.15) is 23.0 Å². The highest BCUT2D eigenvalue weighted by Crippen LogP contribution is 2.20. The van der Waals surface area contributed by atoms with Crippen LogP contribution in [0.25, 0.3) is 0 Å². The number of hydrogen-bond acceptors (Lipinski definition) is 2. The normalized spacial score (nSPS) is 12.4. The maximum absolute atomic E-state index is 13.1. The van der Waals surface area contributed by atoms with Gasteiger partial charge in [-0.15, -0.1) is 0 Å². The Morgan fingerprint density at radius 2 is 2.11 bits per heavy atom. The molecule has 18 heavy (non-hydrogen) atoms. The zero-order chi connectivity index (χ0) is 13.1. The zero-order valence-corrected chi connectivity index (χ0v) is 11.6. The Labute approximate surface area is 114 Å². The van der Waals surface area contributed by atoms with Crippen LogP contribution in [0, 0.1) is 12.7 Å². The number of aryl methyl sites for hydroxylation is 1. The maximum Gasteiger partial charge on any atom is 0.137 e. The van der Waals surface area contributed by atoms with E-state index in [-0.39, 0.29) is 11.9 Å². The third-order valence-electron chi connectivity index (χ3n) is 2.73. The highest BCUT2D eigenvalue weighted by atomic mass is 79.9. The molecule has 2 nitrogen and oxygen atoms in total. The van der Waals surface area contributed by atoms with Crippen LogP contribution in [-0.2, 0) is 6.42 Å². The summed E-state index contributed by atoms with van der Waals surface area (Å²) >= 11 is 3.17. The van der Waals surface area contributed by atoms with Gasteiger partial charge in [-0.2, -0.15) is 0 Å². The molecule has 2 rings (SSSR count). The van der Waals surface area contributed by atoms with E-state index in [1.165, 1.54) is 6.07 Å². The Kier molecular flexibility index (Phi) is 4.09. The number of benzene rings is 1. The average molecular weight is 309 g/mol. The smallest absolute Gasteiger partial charge is 0.137 e. The van der Waals surface area contributed by atoms with Crippen molar-refractivity contribution in [2.75, 3.05) is 0 Å². The van der Waals surface area contributed by atoms with Gasteiger partial charge in [-0.1, -0.05) is 12.1 Å². The third kappa shape index (κ3) is 3.15. The van der Waals surface area contributed by atoms with Gasteiger partial charge >= 0.3 is 0 Å². The van der Waals surface area contributed by atoms with Crippen molar-refractivity contribution in [1.29, 1.82) is 0 Å². The van der Waals surface area contributed by atoms with Crippen LogP contribution in [0.4, 0.5) is 4.39 Å². The van der Waals surface area contributed by atoms with Crippen LogP contribution in [0.15, 0.2) is 40.9 Å². The Balaban J connectivity index is 2.16. The van der Waals surface area contributed by atoms with Crippen LogP contribution in [0.2, 0.25) is 0 Å². The minimum absolute atomic E-state index is 0.178. The molecule has 0 saturated heterocycles. The topological polar surface area (TPSA) is 38.9 Å². The summed E-state index contributed by atoms with van der Waals surface area (Å²) in [5, 5.41) is 0. The maximum atomic E-state index is 13.1. The standard InChI is InChI=1S/C14H14BrFN2/c1-9-3-2-4-14(18-9)13(17)8-10-5-6-12(16)11(15)7-10/h2-7,13H,8,17H2,1H3. The van der Waals surface area contributed by atoms with Crippen LogP contribution < -0.4 is 5.73 Å². The molecule has 2 aromatic rings. The molecule has 0 radical (unpaired) electrons. The predicted octanol–water partition coefficient (Wildman–Crippen LogP) is 3.53. The number of pyridine rings is 1. The van der Waals surface area contributed by atoms with Gasteiger partial charge in [0.05, 0.1) is 16.2 Å². The van der Waals surface area contributed by atoms with Gasteiger partial charge in [-0.05, 0) is 59.1 Å². The van der Waals surface area contributed by atoms with Gasteiger partial charge in [0.15, 0.2) is 0 Å². The van der Waals surface area contributed by atoms with Gasteiger partial charge in [0.25, 0.3) is 0 Å². The lowest BCUT2D eigenvalue weighted by Crippen LogP contribution is -2.15. The molecule has 0 aliphatic carbocycles. The van der Waals surface area contributed by atoms with E-state index < -0.39 is 0 Å². The Morgan fingerprint density at radius 3 is 2.78 bits per heavy atom. The van der Waals surface area contributed by atoms with Crippen LogP contribution >= 0.6 is 15.9 Å². The van der Waals surface area contributed by atoms with Gasteiger partial charge in [0, 0.05) is 5.69 Å². The van der Waals surface area contributed by atoms with E-state index in [1.807, 2.05) is 25.1 Å². The van der Waals surface area contributed by atoms with Gasteiger partial charge in [0.1, 0.15) is 5.82 Å². The summed E-state index contributed by atoms with van der Waals surface area (Å²) < 4.78 is 13.6. The lowest BCUT2D eigenvalue weighted by Gasteiger charge is -2.12. The minimum atomic E-state index is -0.263.